The van der Waals surface area contributed by atoms with Crippen LogP contribution in [0.5, 0.6) is 0 Å². The number of aryl methyl sites for hydroxylation is 2. The molecule has 0 saturated heterocycles. The minimum absolute atomic E-state index is 0.164. The van der Waals surface area contributed by atoms with E-state index in [1.807, 2.05) is 13.0 Å². The zero-order valence-corrected chi connectivity index (χ0v) is 17.0. The molecule has 1 aromatic rings. The third kappa shape index (κ3) is 9.28. The normalized spacial score (nSPS) is 12.8. The van der Waals surface area contributed by atoms with Gasteiger partial charge in [0.15, 0.2) is 0 Å². The highest BCUT2D eigenvalue weighted by molar-refractivity contribution is 7.99. The first-order valence-corrected chi connectivity index (χ1v) is 11.3. The molecule has 0 bridgehead atoms. The fourth-order valence-electron chi connectivity index (χ4n) is 2.42. The van der Waals surface area contributed by atoms with E-state index in [-0.39, 0.29) is 12.1 Å². The SMILES string of the molecule is CCOC(=O)CCc1ccc(SCC[C@@H](C)OS(C)(=O)=O)cc1CC. The Hall–Kier alpha value is -1.05. The molecule has 0 aliphatic carbocycles. The zero-order valence-electron chi connectivity index (χ0n) is 15.4. The molecular formula is C18H28O5S2. The van der Waals surface area contributed by atoms with E-state index < -0.39 is 10.1 Å². The smallest absolute Gasteiger partial charge is 0.306 e. The predicted molar refractivity (Wildman–Crippen MR) is 102 cm³/mol. The van der Waals surface area contributed by atoms with E-state index in [4.69, 9.17) is 8.92 Å². The number of carbonyl (C=O) groups is 1. The van der Waals surface area contributed by atoms with Crippen molar-refractivity contribution in [3.8, 4) is 0 Å². The van der Waals surface area contributed by atoms with Gasteiger partial charge in [-0.1, -0.05) is 13.0 Å². The zero-order chi connectivity index (χ0) is 18.9. The van der Waals surface area contributed by atoms with E-state index in [0.717, 1.165) is 23.3 Å². The van der Waals surface area contributed by atoms with Crippen molar-refractivity contribution >= 4 is 27.8 Å². The Labute approximate surface area is 155 Å². The van der Waals surface area contributed by atoms with Gasteiger partial charge < -0.3 is 4.74 Å². The Morgan fingerprint density at radius 3 is 2.56 bits per heavy atom. The fraction of sp³-hybridized carbons (Fsp3) is 0.611. The lowest BCUT2D eigenvalue weighted by atomic mass is 10.0. The fourth-order valence-corrected chi connectivity index (χ4v) is 4.19. The van der Waals surface area contributed by atoms with Crippen LogP contribution in [0.1, 0.15) is 44.7 Å². The van der Waals surface area contributed by atoms with E-state index >= 15 is 0 Å². The van der Waals surface area contributed by atoms with Gasteiger partial charge in [0.2, 0.25) is 0 Å². The number of benzene rings is 1. The minimum atomic E-state index is -3.40. The molecule has 0 aliphatic heterocycles. The highest BCUT2D eigenvalue weighted by Crippen LogP contribution is 2.24. The summed E-state index contributed by atoms with van der Waals surface area (Å²) in [5.41, 5.74) is 2.41. The van der Waals surface area contributed by atoms with Gasteiger partial charge >= 0.3 is 5.97 Å². The topological polar surface area (TPSA) is 69.7 Å². The summed E-state index contributed by atoms with van der Waals surface area (Å²) < 4.78 is 32.1. The molecule has 0 heterocycles. The lowest BCUT2D eigenvalue weighted by Crippen LogP contribution is -2.14. The molecule has 0 fully saturated rings. The summed E-state index contributed by atoms with van der Waals surface area (Å²) in [6.07, 6.45) is 3.39. The second kappa shape index (κ2) is 10.8. The van der Waals surface area contributed by atoms with E-state index in [9.17, 15) is 13.2 Å². The number of rotatable bonds is 11. The summed E-state index contributed by atoms with van der Waals surface area (Å²) in [5, 5.41) is 0. The lowest BCUT2D eigenvalue weighted by Gasteiger charge is -2.12. The molecule has 0 spiro atoms. The molecule has 25 heavy (non-hydrogen) atoms. The van der Waals surface area contributed by atoms with E-state index in [1.54, 1.807) is 18.7 Å². The van der Waals surface area contributed by atoms with Crippen molar-refractivity contribution in [1.29, 1.82) is 0 Å². The molecule has 0 saturated carbocycles. The Bertz CT molecular complexity index is 655. The van der Waals surface area contributed by atoms with Crippen LogP contribution in [0.4, 0.5) is 0 Å². The molecule has 0 aliphatic rings. The van der Waals surface area contributed by atoms with Gasteiger partial charge in [0.05, 0.1) is 19.0 Å². The molecule has 0 radical (unpaired) electrons. The van der Waals surface area contributed by atoms with Gasteiger partial charge in [-0.05, 0) is 56.4 Å². The van der Waals surface area contributed by atoms with Crippen LogP contribution in [-0.4, -0.2) is 39.1 Å². The lowest BCUT2D eigenvalue weighted by molar-refractivity contribution is -0.143. The van der Waals surface area contributed by atoms with Gasteiger partial charge in [-0.2, -0.15) is 8.42 Å². The maximum Gasteiger partial charge on any atom is 0.306 e. The Morgan fingerprint density at radius 1 is 1.24 bits per heavy atom. The molecule has 1 atom stereocenters. The van der Waals surface area contributed by atoms with Crippen molar-refractivity contribution in [2.24, 2.45) is 0 Å². The van der Waals surface area contributed by atoms with Crippen LogP contribution in [0.3, 0.4) is 0 Å². The van der Waals surface area contributed by atoms with Crippen LogP contribution >= 0.6 is 11.8 Å². The Morgan fingerprint density at radius 2 is 1.96 bits per heavy atom. The van der Waals surface area contributed by atoms with Crippen molar-refractivity contribution in [2.75, 3.05) is 18.6 Å². The van der Waals surface area contributed by atoms with Crippen molar-refractivity contribution in [1.82, 2.24) is 0 Å². The molecule has 0 N–H and O–H groups in total. The number of esters is 1. The van der Waals surface area contributed by atoms with Gasteiger partial charge in [0, 0.05) is 17.1 Å². The minimum Gasteiger partial charge on any atom is -0.466 e. The standard InChI is InChI=1S/C18H28O5S2/c1-5-15-13-17(24-12-11-14(3)23-25(4,20)21)9-7-16(15)8-10-18(19)22-6-2/h7,9,13-14H,5-6,8,10-12H2,1-4H3/t14-/m1/s1. The largest absolute Gasteiger partial charge is 0.466 e. The average Bonchev–Trinajstić information content (AvgIpc) is 2.52. The highest BCUT2D eigenvalue weighted by Gasteiger charge is 2.11. The summed E-state index contributed by atoms with van der Waals surface area (Å²) >= 11 is 1.68. The Balaban J connectivity index is 2.55. The molecule has 1 rings (SSSR count). The molecule has 7 heteroatoms. The van der Waals surface area contributed by atoms with Crippen LogP contribution in [0.15, 0.2) is 23.1 Å². The van der Waals surface area contributed by atoms with Crippen molar-refractivity contribution in [3.63, 3.8) is 0 Å². The summed E-state index contributed by atoms with van der Waals surface area (Å²) in [7, 11) is -3.40. The van der Waals surface area contributed by atoms with Crippen LogP contribution < -0.4 is 0 Å². The van der Waals surface area contributed by atoms with Crippen LogP contribution in [-0.2, 0) is 36.7 Å². The predicted octanol–water partition coefficient (Wildman–Crippen LogP) is 3.59. The van der Waals surface area contributed by atoms with Gasteiger partial charge in [-0.3, -0.25) is 8.98 Å². The van der Waals surface area contributed by atoms with Crippen LogP contribution in [0, 0.1) is 0 Å². The monoisotopic (exact) mass is 388 g/mol. The molecule has 5 nitrogen and oxygen atoms in total. The molecule has 1 aromatic carbocycles. The highest BCUT2D eigenvalue weighted by atomic mass is 32.2. The van der Waals surface area contributed by atoms with E-state index in [2.05, 4.69) is 19.1 Å². The number of hydrogen-bond acceptors (Lipinski definition) is 6. The molecular weight excluding hydrogens is 360 g/mol. The van der Waals surface area contributed by atoms with Crippen molar-refractivity contribution in [2.45, 2.75) is 57.5 Å². The quantitative estimate of drug-likeness (QED) is 0.328. The third-order valence-electron chi connectivity index (χ3n) is 3.59. The number of ether oxygens (including phenoxy) is 1. The first kappa shape index (κ1) is 22.0. The van der Waals surface area contributed by atoms with E-state index in [0.29, 0.717) is 25.9 Å². The molecule has 0 aromatic heterocycles. The van der Waals surface area contributed by atoms with Gasteiger partial charge in [-0.15, -0.1) is 11.8 Å². The first-order valence-electron chi connectivity index (χ1n) is 8.53. The van der Waals surface area contributed by atoms with Gasteiger partial charge in [-0.25, -0.2) is 0 Å². The van der Waals surface area contributed by atoms with Gasteiger partial charge in [0.25, 0.3) is 10.1 Å². The second-order valence-electron chi connectivity index (χ2n) is 5.84. The summed E-state index contributed by atoms with van der Waals surface area (Å²) in [5.74, 6) is 0.616. The first-order chi connectivity index (χ1) is 11.7. The molecule has 142 valence electrons. The maximum absolute atomic E-state index is 11.5. The van der Waals surface area contributed by atoms with Crippen LogP contribution in [0.25, 0.3) is 0 Å². The summed E-state index contributed by atoms with van der Waals surface area (Å²) in [6, 6.07) is 6.26. The summed E-state index contributed by atoms with van der Waals surface area (Å²) in [4.78, 5) is 12.6. The van der Waals surface area contributed by atoms with Crippen molar-refractivity contribution < 1.29 is 22.1 Å². The van der Waals surface area contributed by atoms with E-state index in [1.165, 1.54) is 11.1 Å². The number of thioether (sulfide) groups is 1. The second-order valence-corrected chi connectivity index (χ2v) is 8.61. The number of hydrogen-bond donors (Lipinski definition) is 0. The average molecular weight is 389 g/mol. The van der Waals surface area contributed by atoms with Crippen molar-refractivity contribution in [3.05, 3.63) is 29.3 Å². The third-order valence-corrected chi connectivity index (χ3v) is 5.30. The Kier molecular flexibility index (Phi) is 9.53. The summed E-state index contributed by atoms with van der Waals surface area (Å²) in [6.45, 7) is 6.08. The van der Waals surface area contributed by atoms with Crippen LogP contribution in [0.2, 0.25) is 0 Å². The molecule has 0 unspecified atom stereocenters. The number of carbonyl (C=O) groups excluding carboxylic acids is 1. The maximum atomic E-state index is 11.5. The molecule has 0 amide bonds. The van der Waals surface area contributed by atoms with Gasteiger partial charge in [0.1, 0.15) is 0 Å².